The van der Waals surface area contributed by atoms with Gasteiger partial charge >= 0.3 is 0 Å². The summed E-state index contributed by atoms with van der Waals surface area (Å²) in [6.45, 7) is 11.5. The Morgan fingerprint density at radius 1 is 1.40 bits per heavy atom. The van der Waals surface area contributed by atoms with Crippen LogP contribution < -0.4 is 5.32 Å². The van der Waals surface area contributed by atoms with Crippen LogP contribution in [0.2, 0.25) is 0 Å². The number of piperazine rings is 1. The third-order valence-corrected chi connectivity index (χ3v) is 5.89. The second-order valence-corrected chi connectivity index (χ2v) is 6.82. The zero-order chi connectivity index (χ0) is 14.6. The normalized spacial score (nSPS) is 24.7. The van der Waals surface area contributed by atoms with Gasteiger partial charge in [-0.15, -0.1) is 11.3 Å². The van der Waals surface area contributed by atoms with Crippen molar-refractivity contribution in [1.29, 1.82) is 0 Å². The lowest BCUT2D eigenvalue weighted by molar-refractivity contribution is 0.0323. The van der Waals surface area contributed by atoms with Crippen LogP contribution in [0.4, 0.5) is 0 Å². The average Bonchev–Trinajstić information content (AvgIpc) is 3.02. The third kappa shape index (κ3) is 3.07. The van der Waals surface area contributed by atoms with Crippen LogP contribution in [0.25, 0.3) is 0 Å². The van der Waals surface area contributed by atoms with Crippen molar-refractivity contribution < 1.29 is 0 Å². The van der Waals surface area contributed by atoms with E-state index in [-0.39, 0.29) is 5.54 Å². The standard InChI is InChI=1S/C16H29N3S/c1-5-13-11-18-16(7-3,8-4)12-19(13)14(6-2)15-17-9-10-20-15/h9-10,13-14,18H,5-8,11-12H2,1-4H3. The van der Waals surface area contributed by atoms with Gasteiger partial charge in [0.25, 0.3) is 0 Å². The fraction of sp³-hybridized carbons (Fsp3) is 0.812. The van der Waals surface area contributed by atoms with E-state index in [2.05, 4.69) is 48.3 Å². The van der Waals surface area contributed by atoms with Crippen LogP contribution in [-0.4, -0.2) is 34.6 Å². The SMILES string of the molecule is CCC1CNC(CC)(CC)CN1C(CC)c1nccs1. The van der Waals surface area contributed by atoms with Crippen molar-refractivity contribution in [2.75, 3.05) is 13.1 Å². The highest BCUT2D eigenvalue weighted by Crippen LogP contribution is 2.34. The Bertz CT molecular complexity index is 386. The van der Waals surface area contributed by atoms with Crippen LogP contribution in [0, 0.1) is 0 Å². The molecule has 1 N–H and O–H groups in total. The fourth-order valence-corrected chi connectivity index (χ4v) is 4.25. The van der Waals surface area contributed by atoms with Gasteiger partial charge < -0.3 is 5.32 Å². The van der Waals surface area contributed by atoms with Gasteiger partial charge in [0.2, 0.25) is 0 Å². The van der Waals surface area contributed by atoms with E-state index >= 15 is 0 Å². The molecule has 1 aromatic heterocycles. The molecule has 1 aliphatic heterocycles. The van der Waals surface area contributed by atoms with Gasteiger partial charge in [0, 0.05) is 36.2 Å². The lowest BCUT2D eigenvalue weighted by Crippen LogP contribution is -2.64. The first-order valence-electron chi connectivity index (χ1n) is 8.09. The van der Waals surface area contributed by atoms with Crippen molar-refractivity contribution in [3.8, 4) is 0 Å². The minimum Gasteiger partial charge on any atom is -0.308 e. The Kier molecular flexibility index (Phi) is 5.58. The molecule has 0 spiro atoms. The maximum atomic E-state index is 4.59. The Labute approximate surface area is 127 Å². The Morgan fingerprint density at radius 3 is 2.65 bits per heavy atom. The molecule has 2 heterocycles. The van der Waals surface area contributed by atoms with E-state index in [1.165, 1.54) is 24.3 Å². The van der Waals surface area contributed by atoms with Crippen LogP contribution in [0.5, 0.6) is 0 Å². The van der Waals surface area contributed by atoms with Crippen molar-refractivity contribution >= 4 is 11.3 Å². The molecule has 1 aromatic rings. The van der Waals surface area contributed by atoms with Crippen LogP contribution in [-0.2, 0) is 0 Å². The highest BCUT2D eigenvalue weighted by molar-refractivity contribution is 7.09. The average molecular weight is 295 g/mol. The van der Waals surface area contributed by atoms with Crippen LogP contribution in [0.15, 0.2) is 11.6 Å². The number of aromatic nitrogens is 1. The number of rotatable bonds is 6. The fourth-order valence-electron chi connectivity index (χ4n) is 3.40. The summed E-state index contributed by atoms with van der Waals surface area (Å²) in [6, 6.07) is 1.12. The summed E-state index contributed by atoms with van der Waals surface area (Å²) in [5.74, 6) is 0. The summed E-state index contributed by atoms with van der Waals surface area (Å²) in [4.78, 5) is 7.31. The number of hydrogen-bond acceptors (Lipinski definition) is 4. The molecule has 1 aliphatic rings. The summed E-state index contributed by atoms with van der Waals surface area (Å²) >= 11 is 1.80. The van der Waals surface area contributed by atoms with Crippen LogP contribution >= 0.6 is 11.3 Å². The van der Waals surface area contributed by atoms with Crippen molar-refractivity contribution in [2.45, 2.75) is 71.0 Å². The number of nitrogens with one attached hydrogen (secondary N) is 1. The van der Waals surface area contributed by atoms with E-state index in [4.69, 9.17) is 0 Å². The first-order valence-corrected chi connectivity index (χ1v) is 8.97. The number of nitrogens with zero attached hydrogens (tertiary/aromatic N) is 2. The zero-order valence-electron chi connectivity index (χ0n) is 13.4. The van der Waals surface area contributed by atoms with Gasteiger partial charge in [0.05, 0.1) is 6.04 Å². The first kappa shape index (κ1) is 15.9. The molecule has 2 rings (SSSR count). The molecular weight excluding hydrogens is 266 g/mol. The quantitative estimate of drug-likeness (QED) is 0.864. The molecule has 0 radical (unpaired) electrons. The summed E-state index contributed by atoms with van der Waals surface area (Å²) < 4.78 is 0. The molecule has 0 aromatic carbocycles. The van der Waals surface area contributed by atoms with Gasteiger partial charge in [-0.3, -0.25) is 4.90 Å². The van der Waals surface area contributed by atoms with Crippen molar-refractivity contribution in [1.82, 2.24) is 15.2 Å². The summed E-state index contributed by atoms with van der Waals surface area (Å²) in [5, 5.41) is 7.22. The molecule has 4 heteroatoms. The van der Waals surface area contributed by atoms with Gasteiger partial charge in [-0.25, -0.2) is 4.98 Å². The molecular formula is C16H29N3S. The van der Waals surface area contributed by atoms with Gasteiger partial charge in [-0.2, -0.15) is 0 Å². The van der Waals surface area contributed by atoms with Crippen LogP contribution in [0.1, 0.15) is 64.4 Å². The number of thiazole rings is 1. The molecule has 3 nitrogen and oxygen atoms in total. The largest absolute Gasteiger partial charge is 0.308 e. The molecule has 2 unspecified atom stereocenters. The molecule has 20 heavy (non-hydrogen) atoms. The zero-order valence-corrected chi connectivity index (χ0v) is 14.2. The van der Waals surface area contributed by atoms with Gasteiger partial charge in [0.15, 0.2) is 0 Å². The lowest BCUT2D eigenvalue weighted by Gasteiger charge is -2.50. The predicted molar refractivity (Wildman–Crippen MR) is 87.2 cm³/mol. The van der Waals surface area contributed by atoms with Crippen molar-refractivity contribution in [3.63, 3.8) is 0 Å². The van der Waals surface area contributed by atoms with E-state index in [0.29, 0.717) is 12.1 Å². The van der Waals surface area contributed by atoms with E-state index in [1.54, 1.807) is 11.3 Å². The third-order valence-electron chi connectivity index (χ3n) is 5.02. The molecule has 0 bridgehead atoms. The Morgan fingerprint density at radius 2 is 2.15 bits per heavy atom. The lowest BCUT2D eigenvalue weighted by atomic mass is 9.87. The summed E-state index contributed by atoms with van der Waals surface area (Å²) in [6.07, 6.45) is 6.69. The highest BCUT2D eigenvalue weighted by atomic mass is 32.1. The predicted octanol–water partition coefficient (Wildman–Crippen LogP) is 3.84. The molecule has 0 saturated carbocycles. The van der Waals surface area contributed by atoms with E-state index in [9.17, 15) is 0 Å². The van der Waals surface area contributed by atoms with Crippen molar-refractivity contribution in [2.24, 2.45) is 0 Å². The highest BCUT2D eigenvalue weighted by Gasteiger charge is 2.39. The van der Waals surface area contributed by atoms with E-state index in [1.807, 2.05) is 6.20 Å². The van der Waals surface area contributed by atoms with Crippen LogP contribution in [0.3, 0.4) is 0 Å². The molecule has 1 saturated heterocycles. The minimum absolute atomic E-state index is 0.288. The van der Waals surface area contributed by atoms with Crippen molar-refractivity contribution in [3.05, 3.63) is 16.6 Å². The van der Waals surface area contributed by atoms with Gasteiger partial charge in [0.1, 0.15) is 5.01 Å². The Hall–Kier alpha value is -0.450. The maximum absolute atomic E-state index is 4.59. The smallest absolute Gasteiger partial charge is 0.110 e. The topological polar surface area (TPSA) is 28.2 Å². The number of hydrogen-bond donors (Lipinski definition) is 1. The minimum atomic E-state index is 0.288. The van der Waals surface area contributed by atoms with Gasteiger partial charge in [-0.05, 0) is 25.7 Å². The van der Waals surface area contributed by atoms with Gasteiger partial charge in [-0.1, -0.05) is 27.7 Å². The second kappa shape index (κ2) is 7.01. The van der Waals surface area contributed by atoms with E-state index < -0.39 is 0 Å². The first-order chi connectivity index (χ1) is 9.69. The summed E-state index contributed by atoms with van der Waals surface area (Å²) in [5.41, 5.74) is 0.288. The molecule has 1 fully saturated rings. The molecule has 114 valence electrons. The molecule has 2 atom stereocenters. The molecule has 0 amide bonds. The molecule has 0 aliphatic carbocycles. The maximum Gasteiger partial charge on any atom is 0.110 e. The summed E-state index contributed by atoms with van der Waals surface area (Å²) in [7, 11) is 0. The Balaban J connectivity index is 2.24. The van der Waals surface area contributed by atoms with E-state index in [0.717, 1.165) is 19.5 Å². The monoisotopic (exact) mass is 295 g/mol. The second-order valence-electron chi connectivity index (χ2n) is 5.90.